The molecule has 1 aromatic carbocycles. The van der Waals surface area contributed by atoms with Crippen molar-refractivity contribution in [3.8, 4) is 0 Å². The summed E-state index contributed by atoms with van der Waals surface area (Å²) in [5.74, 6) is -0.104. The van der Waals surface area contributed by atoms with E-state index >= 15 is 0 Å². The number of hydrogen-bond acceptors (Lipinski definition) is 3. The number of nitrogens with zero attached hydrogens (tertiary/aromatic N) is 2. The molecule has 0 atom stereocenters. The number of hydrogen-bond donors (Lipinski definition) is 1. The third-order valence-corrected chi connectivity index (χ3v) is 3.87. The van der Waals surface area contributed by atoms with Crippen molar-refractivity contribution in [1.82, 2.24) is 9.80 Å². The molecule has 1 aromatic rings. The maximum atomic E-state index is 12.6. The SMILES string of the molecule is CCC(=O)N1CCCN(C(=O)c2cccc(NC(C)=O)c2)CC1. The van der Waals surface area contributed by atoms with Crippen molar-refractivity contribution >= 4 is 23.4 Å². The summed E-state index contributed by atoms with van der Waals surface area (Å²) in [6.07, 6.45) is 1.27. The molecule has 0 saturated carbocycles. The van der Waals surface area contributed by atoms with Crippen LogP contribution in [0.2, 0.25) is 0 Å². The molecular weight excluding hydrogens is 294 g/mol. The first-order valence-corrected chi connectivity index (χ1v) is 7.96. The van der Waals surface area contributed by atoms with E-state index in [1.165, 1.54) is 6.92 Å². The van der Waals surface area contributed by atoms with Gasteiger partial charge in [-0.25, -0.2) is 0 Å². The van der Waals surface area contributed by atoms with E-state index in [9.17, 15) is 14.4 Å². The maximum Gasteiger partial charge on any atom is 0.253 e. The largest absolute Gasteiger partial charge is 0.341 e. The van der Waals surface area contributed by atoms with Crippen LogP contribution in [0.25, 0.3) is 0 Å². The Morgan fingerprint density at radius 3 is 2.48 bits per heavy atom. The molecule has 6 nitrogen and oxygen atoms in total. The molecule has 1 aliphatic rings. The fraction of sp³-hybridized carbons (Fsp3) is 0.471. The molecule has 1 aliphatic heterocycles. The normalized spacial score (nSPS) is 15.0. The summed E-state index contributed by atoms with van der Waals surface area (Å²) < 4.78 is 0. The molecule has 23 heavy (non-hydrogen) atoms. The van der Waals surface area contributed by atoms with E-state index < -0.39 is 0 Å². The summed E-state index contributed by atoms with van der Waals surface area (Å²) >= 11 is 0. The first-order valence-electron chi connectivity index (χ1n) is 7.96. The monoisotopic (exact) mass is 317 g/mol. The zero-order valence-corrected chi connectivity index (χ0v) is 13.7. The van der Waals surface area contributed by atoms with Crippen LogP contribution in [-0.4, -0.2) is 53.7 Å². The number of carbonyl (C=O) groups is 3. The van der Waals surface area contributed by atoms with Crippen LogP contribution in [0.1, 0.15) is 37.0 Å². The summed E-state index contributed by atoms with van der Waals surface area (Å²) in [4.78, 5) is 39.2. The summed E-state index contributed by atoms with van der Waals surface area (Å²) in [5, 5.41) is 2.68. The van der Waals surface area contributed by atoms with Crippen molar-refractivity contribution in [2.45, 2.75) is 26.7 Å². The van der Waals surface area contributed by atoms with Gasteiger partial charge in [0.2, 0.25) is 11.8 Å². The van der Waals surface area contributed by atoms with Gasteiger partial charge in [-0.15, -0.1) is 0 Å². The minimum absolute atomic E-state index is 0.0667. The highest BCUT2D eigenvalue weighted by molar-refractivity contribution is 5.96. The van der Waals surface area contributed by atoms with Gasteiger partial charge < -0.3 is 15.1 Å². The second-order valence-electron chi connectivity index (χ2n) is 5.64. The average Bonchev–Trinajstić information content (AvgIpc) is 2.79. The van der Waals surface area contributed by atoms with Crippen LogP contribution >= 0.6 is 0 Å². The Hall–Kier alpha value is -2.37. The molecule has 1 heterocycles. The lowest BCUT2D eigenvalue weighted by Gasteiger charge is -2.22. The molecule has 1 saturated heterocycles. The molecule has 6 heteroatoms. The number of carbonyl (C=O) groups excluding carboxylic acids is 3. The molecule has 0 aliphatic carbocycles. The van der Waals surface area contributed by atoms with Gasteiger partial charge in [-0.05, 0) is 24.6 Å². The number of nitrogens with one attached hydrogen (secondary N) is 1. The fourth-order valence-electron chi connectivity index (χ4n) is 2.71. The second kappa shape index (κ2) is 7.76. The quantitative estimate of drug-likeness (QED) is 0.923. The van der Waals surface area contributed by atoms with Gasteiger partial charge in [0.15, 0.2) is 0 Å². The van der Waals surface area contributed by atoms with Crippen molar-refractivity contribution in [3.63, 3.8) is 0 Å². The van der Waals surface area contributed by atoms with Crippen LogP contribution in [0.5, 0.6) is 0 Å². The fourth-order valence-corrected chi connectivity index (χ4v) is 2.71. The van der Waals surface area contributed by atoms with Gasteiger partial charge in [0.1, 0.15) is 0 Å². The van der Waals surface area contributed by atoms with E-state index in [0.29, 0.717) is 43.9 Å². The number of benzene rings is 1. The van der Waals surface area contributed by atoms with E-state index in [1.807, 2.05) is 11.8 Å². The predicted molar refractivity (Wildman–Crippen MR) is 88.1 cm³/mol. The Morgan fingerprint density at radius 2 is 1.78 bits per heavy atom. The topological polar surface area (TPSA) is 69.7 Å². The summed E-state index contributed by atoms with van der Waals surface area (Å²) in [7, 11) is 0. The van der Waals surface area contributed by atoms with Crippen molar-refractivity contribution in [1.29, 1.82) is 0 Å². The number of amides is 3. The van der Waals surface area contributed by atoms with Crippen LogP contribution in [0, 0.1) is 0 Å². The average molecular weight is 317 g/mol. The van der Waals surface area contributed by atoms with Gasteiger partial charge in [0.05, 0.1) is 0 Å². The Morgan fingerprint density at radius 1 is 1.09 bits per heavy atom. The molecular formula is C17H23N3O3. The molecule has 0 aromatic heterocycles. The van der Waals surface area contributed by atoms with Crippen molar-refractivity contribution in [3.05, 3.63) is 29.8 Å². The Labute approximate surface area is 136 Å². The smallest absolute Gasteiger partial charge is 0.253 e. The lowest BCUT2D eigenvalue weighted by atomic mass is 10.1. The Kier molecular flexibility index (Phi) is 5.73. The summed E-state index contributed by atoms with van der Waals surface area (Å²) in [5.41, 5.74) is 1.16. The first-order chi connectivity index (χ1) is 11.0. The third kappa shape index (κ3) is 4.55. The van der Waals surface area contributed by atoms with Crippen LogP contribution in [-0.2, 0) is 9.59 Å². The van der Waals surface area contributed by atoms with Crippen LogP contribution in [0.15, 0.2) is 24.3 Å². The molecule has 0 bridgehead atoms. The zero-order chi connectivity index (χ0) is 16.8. The minimum atomic E-state index is -0.168. The van der Waals surface area contributed by atoms with Crippen molar-refractivity contribution in [2.24, 2.45) is 0 Å². The van der Waals surface area contributed by atoms with Crippen molar-refractivity contribution < 1.29 is 14.4 Å². The molecule has 0 unspecified atom stereocenters. The minimum Gasteiger partial charge on any atom is -0.341 e. The van der Waals surface area contributed by atoms with E-state index in [2.05, 4.69) is 5.32 Å². The van der Waals surface area contributed by atoms with Crippen molar-refractivity contribution in [2.75, 3.05) is 31.5 Å². The van der Waals surface area contributed by atoms with E-state index in [-0.39, 0.29) is 17.7 Å². The third-order valence-electron chi connectivity index (χ3n) is 3.87. The van der Waals surface area contributed by atoms with Gasteiger partial charge in [-0.2, -0.15) is 0 Å². The molecule has 0 spiro atoms. The van der Waals surface area contributed by atoms with E-state index in [0.717, 1.165) is 6.42 Å². The first kappa shape index (κ1) is 17.0. The lowest BCUT2D eigenvalue weighted by molar-refractivity contribution is -0.130. The zero-order valence-electron chi connectivity index (χ0n) is 13.7. The number of rotatable bonds is 3. The molecule has 1 fully saturated rings. The summed E-state index contributed by atoms with van der Waals surface area (Å²) in [6.45, 7) is 5.73. The molecule has 1 N–H and O–H groups in total. The van der Waals surface area contributed by atoms with Gasteiger partial charge in [0, 0.05) is 50.8 Å². The molecule has 124 valence electrons. The lowest BCUT2D eigenvalue weighted by Crippen LogP contribution is -2.37. The second-order valence-corrected chi connectivity index (χ2v) is 5.64. The van der Waals surface area contributed by atoms with Crippen LogP contribution < -0.4 is 5.32 Å². The highest BCUT2D eigenvalue weighted by Gasteiger charge is 2.22. The molecule has 2 rings (SSSR count). The maximum absolute atomic E-state index is 12.6. The molecule has 3 amide bonds. The van der Waals surface area contributed by atoms with E-state index in [4.69, 9.17) is 0 Å². The standard InChI is InChI=1S/C17H23N3O3/c1-3-16(22)19-8-5-9-20(11-10-19)17(23)14-6-4-7-15(12-14)18-13(2)21/h4,6-7,12H,3,5,8-11H2,1-2H3,(H,18,21). The Balaban J connectivity index is 2.05. The van der Waals surface area contributed by atoms with Crippen LogP contribution in [0.3, 0.4) is 0 Å². The summed E-state index contributed by atoms with van der Waals surface area (Å²) in [6, 6.07) is 6.93. The van der Waals surface area contributed by atoms with Crippen LogP contribution in [0.4, 0.5) is 5.69 Å². The Bertz CT molecular complexity index is 601. The van der Waals surface area contributed by atoms with Gasteiger partial charge >= 0.3 is 0 Å². The number of anilines is 1. The highest BCUT2D eigenvalue weighted by Crippen LogP contribution is 2.14. The molecule has 0 radical (unpaired) electrons. The van der Waals surface area contributed by atoms with E-state index in [1.54, 1.807) is 29.2 Å². The predicted octanol–water partition coefficient (Wildman–Crippen LogP) is 1.73. The van der Waals surface area contributed by atoms with Gasteiger partial charge in [0.25, 0.3) is 5.91 Å². The van der Waals surface area contributed by atoms with Gasteiger partial charge in [-0.3, -0.25) is 14.4 Å². The van der Waals surface area contributed by atoms with Gasteiger partial charge in [-0.1, -0.05) is 13.0 Å². The highest BCUT2D eigenvalue weighted by atomic mass is 16.2.